The standard InChI is InChI=1S/C8H5F13O2/c9-1(3(11)12)2(10)4(13,14)5(15,16)6(17,18)7(19,20)8(21,22)23/h1-3,22-23H. The first-order chi connectivity index (χ1) is 9.76. The molecule has 0 aliphatic rings. The molecule has 0 bridgehead atoms. The summed E-state index contributed by atoms with van der Waals surface area (Å²) in [7, 11) is 0. The van der Waals surface area contributed by atoms with E-state index in [0.717, 1.165) is 0 Å². The molecular formula is C8H5F13O2. The van der Waals surface area contributed by atoms with Gasteiger partial charge in [-0.05, 0) is 0 Å². The van der Waals surface area contributed by atoms with E-state index >= 15 is 0 Å². The van der Waals surface area contributed by atoms with Gasteiger partial charge in [0.15, 0.2) is 6.17 Å². The second kappa shape index (κ2) is 5.82. The van der Waals surface area contributed by atoms with Crippen molar-refractivity contribution in [2.75, 3.05) is 0 Å². The maximum Gasteiger partial charge on any atom is 0.400 e. The van der Waals surface area contributed by atoms with Crippen LogP contribution >= 0.6 is 0 Å². The molecule has 0 amide bonds. The number of aliphatic hydroxyl groups is 2. The van der Waals surface area contributed by atoms with E-state index in [1.807, 2.05) is 0 Å². The van der Waals surface area contributed by atoms with E-state index in [1.165, 1.54) is 0 Å². The molecule has 140 valence electrons. The van der Waals surface area contributed by atoms with Crippen molar-refractivity contribution in [1.29, 1.82) is 0 Å². The molecule has 0 fully saturated rings. The highest BCUT2D eigenvalue weighted by atomic mass is 19.4. The van der Waals surface area contributed by atoms with Crippen LogP contribution in [0.15, 0.2) is 0 Å². The molecule has 0 aliphatic heterocycles. The minimum absolute atomic E-state index is 4.73. The zero-order valence-electron chi connectivity index (χ0n) is 10.0. The SMILES string of the molecule is OC(O)(F)C(F)(F)C(F)(F)C(F)(F)C(F)(F)C(F)C(F)C(F)F. The lowest BCUT2D eigenvalue weighted by atomic mass is 9.93. The summed E-state index contributed by atoms with van der Waals surface area (Å²) >= 11 is 0. The van der Waals surface area contributed by atoms with Crippen molar-refractivity contribution in [1.82, 2.24) is 0 Å². The van der Waals surface area contributed by atoms with E-state index in [2.05, 4.69) is 0 Å². The molecule has 0 aromatic carbocycles. The van der Waals surface area contributed by atoms with Crippen LogP contribution in [0.25, 0.3) is 0 Å². The van der Waals surface area contributed by atoms with E-state index < -0.39 is 48.5 Å². The minimum atomic E-state index is -7.73. The molecule has 2 N–H and O–H groups in total. The molecule has 0 saturated carbocycles. The lowest BCUT2D eigenvalue weighted by molar-refractivity contribution is -0.459. The molecule has 0 rings (SSSR count). The largest absolute Gasteiger partial charge is 0.400 e. The van der Waals surface area contributed by atoms with Gasteiger partial charge < -0.3 is 10.2 Å². The van der Waals surface area contributed by atoms with Crippen LogP contribution in [-0.2, 0) is 0 Å². The number of hydrogen-bond acceptors (Lipinski definition) is 2. The Bertz CT molecular complexity index is 415. The Balaban J connectivity index is 6.04. The van der Waals surface area contributed by atoms with Crippen LogP contribution in [0.2, 0.25) is 0 Å². The van der Waals surface area contributed by atoms with Crippen LogP contribution in [0.5, 0.6) is 0 Å². The third kappa shape index (κ3) is 3.16. The van der Waals surface area contributed by atoms with Gasteiger partial charge in [0.2, 0.25) is 6.17 Å². The van der Waals surface area contributed by atoms with Gasteiger partial charge in [0.25, 0.3) is 6.43 Å². The molecule has 0 radical (unpaired) electrons. The first-order valence-corrected chi connectivity index (χ1v) is 4.98. The number of halogens is 13. The average molecular weight is 380 g/mol. The van der Waals surface area contributed by atoms with Crippen molar-refractivity contribution in [3.05, 3.63) is 0 Å². The fourth-order valence-corrected chi connectivity index (χ4v) is 1.11. The minimum Gasteiger partial charge on any atom is -0.335 e. The van der Waals surface area contributed by atoms with Gasteiger partial charge in [-0.3, -0.25) is 0 Å². The summed E-state index contributed by atoms with van der Waals surface area (Å²) in [5.74, 6) is -30.0. The highest BCUT2D eigenvalue weighted by molar-refractivity contribution is 5.09. The molecule has 2 nitrogen and oxygen atoms in total. The Labute approximate surface area is 117 Å². The van der Waals surface area contributed by atoms with E-state index in [4.69, 9.17) is 10.2 Å². The normalized spacial score (nSPS) is 18.3. The fraction of sp³-hybridized carbons (Fsp3) is 1.00. The summed E-state index contributed by atoms with van der Waals surface area (Å²) in [6.07, 6.45) is -14.9. The molecule has 0 heterocycles. The molecular weight excluding hydrogens is 375 g/mol. The van der Waals surface area contributed by atoms with Crippen molar-refractivity contribution in [2.45, 2.75) is 48.5 Å². The van der Waals surface area contributed by atoms with Gasteiger partial charge in [-0.1, -0.05) is 0 Å². The monoisotopic (exact) mass is 380 g/mol. The highest BCUT2D eigenvalue weighted by Crippen LogP contribution is 2.57. The summed E-state index contributed by atoms with van der Waals surface area (Å²) in [6.45, 7) is 0. The second-order valence-electron chi connectivity index (χ2n) is 4.11. The smallest absolute Gasteiger partial charge is 0.335 e. The van der Waals surface area contributed by atoms with Crippen LogP contribution < -0.4 is 0 Å². The summed E-state index contributed by atoms with van der Waals surface area (Å²) in [6, 6.07) is -6.49. The maximum absolute atomic E-state index is 12.9. The van der Waals surface area contributed by atoms with Crippen LogP contribution in [0.1, 0.15) is 0 Å². The first kappa shape index (κ1) is 22.0. The Morgan fingerprint density at radius 3 is 1.17 bits per heavy atom. The predicted molar refractivity (Wildman–Crippen MR) is 43.9 cm³/mol. The van der Waals surface area contributed by atoms with Crippen molar-refractivity contribution in [3.63, 3.8) is 0 Å². The molecule has 15 heteroatoms. The Morgan fingerprint density at radius 2 is 0.913 bits per heavy atom. The zero-order valence-corrected chi connectivity index (χ0v) is 10.0. The average Bonchev–Trinajstić information content (AvgIpc) is 2.34. The van der Waals surface area contributed by atoms with E-state index in [-0.39, 0.29) is 0 Å². The predicted octanol–water partition coefficient (Wildman–Crippen LogP) is 3.08. The molecule has 2 unspecified atom stereocenters. The van der Waals surface area contributed by atoms with Crippen LogP contribution in [0.3, 0.4) is 0 Å². The van der Waals surface area contributed by atoms with Gasteiger partial charge in [-0.25, -0.2) is 17.6 Å². The zero-order chi connectivity index (χ0) is 19.2. The van der Waals surface area contributed by atoms with Gasteiger partial charge in [-0.2, -0.15) is 39.5 Å². The molecule has 0 aliphatic carbocycles. The van der Waals surface area contributed by atoms with Crippen LogP contribution in [0, 0.1) is 0 Å². The van der Waals surface area contributed by atoms with Crippen LogP contribution in [0.4, 0.5) is 57.1 Å². The molecule has 0 aromatic rings. The van der Waals surface area contributed by atoms with E-state index in [9.17, 15) is 57.1 Å². The second-order valence-corrected chi connectivity index (χ2v) is 4.11. The van der Waals surface area contributed by atoms with Crippen molar-refractivity contribution < 1.29 is 67.3 Å². The summed E-state index contributed by atoms with van der Waals surface area (Å²) in [4.78, 5) is 0. The lowest BCUT2D eigenvalue weighted by Gasteiger charge is -2.39. The Hall–Kier alpha value is -0.990. The maximum atomic E-state index is 12.9. The number of hydrogen-bond donors (Lipinski definition) is 2. The van der Waals surface area contributed by atoms with Crippen LogP contribution in [-0.4, -0.2) is 58.7 Å². The third-order valence-corrected chi connectivity index (χ3v) is 2.47. The van der Waals surface area contributed by atoms with Gasteiger partial charge >= 0.3 is 29.7 Å². The number of rotatable bonds is 7. The van der Waals surface area contributed by atoms with Gasteiger partial charge in [0.1, 0.15) is 0 Å². The summed E-state index contributed by atoms with van der Waals surface area (Å²) in [5.41, 5.74) is 0. The topological polar surface area (TPSA) is 40.5 Å². The molecule has 2 atom stereocenters. The molecule has 0 saturated heterocycles. The van der Waals surface area contributed by atoms with Gasteiger partial charge in [-0.15, -0.1) is 0 Å². The third-order valence-electron chi connectivity index (χ3n) is 2.47. The first-order valence-electron chi connectivity index (χ1n) is 4.98. The van der Waals surface area contributed by atoms with E-state index in [0.29, 0.717) is 0 Å². The fourth-order valence-electron chi connectivity index (χ4n) is 1.11. The summed E-state index contributed by atoms with van der Waals surface area (Å²) in [5, 5.41) is 15.3. The van der Waals surface area contributed by atoms with Crippen molar-refractivity contribution in [3.8, 4) is 0 Å². The molecule has 23 heavy (non-hydrogen) atoms. The van der Waals surface area contributed by atoms with Gasteiger partial charge in [0, 0.05) is 0 Å². The Morgan fingerprint density at radius 1 is 0.565 bits per heavy atom. The molecule has 0 spiro atoms. The lowest BCUT2D eigenvalue weighted by Crippen LogP contribution is -2.70. The van der Waals surface area contributed by atoms with Crippen molar-refractivity contribution >= 4 is 0 Å². The van der Waals surface area contributed by atoms with Crippen molar-refractivity contribution in [2.24, 2.45) is 0 Å². The highest BCUT2D eigenvalue weighted by Gasteiger charge is 2.87. The quantitative estimate of drug-likeness (QED) is 0.527. The molecule has 0 aromatic heterocycles. The Kier molecular flexibility index (Phi) is 5.57. The summed E-state index contributed by atoms with van der Waals surface area (Å²) < 4.78 is 162. The van der Waals surface area contributed by atoms with Gasteiger partial charge in [0.05, 0.1) is 0 Å². The number of alkyl halides is 13. The van der Waals surface area contributed by atoms with E-state index in [1.54, 1.807) is 0 Å².